The molecule has 2 N–H and O–H groups in total. The Bertz CT molecular complexity index is 939. The van der Waals surface area contributed by atoms with Crippen LogP contribution in [0.1, 0.15) is 54.1 Å². The first kappa shape index (κ1) is 20.4. The predicted octanol–water partition coefficient (Wildman–Crippen LogP) is 3.09. The summed E-state index contributed by atoms with van der Waals surface area (Å²) >= 11 is 0. The van der Waals surface area contributed by atoms with Crippen molar-refractivity contribution < 1.29 is 14.7 Å². The number of hydrogen-bond donors (Lipinski definition) is 2. The molecule has 1 saturated carbocycles. The lowest BCUT2D eigenvalue weighted by atomic mass is 9.60. The van der Waals surface area contributed by atoms with Gasteiger partial charge in [-0.05, 0) is 48.3 Å². The van der Waals surface area contributed by atoms with Crippen LogP contribution >= 0.6 is 0 Å². The van der Waals surface area contributed by atoms with E-state index in [1.165, 1.54) is 30.4 Å². The highest BCUT2D eigenvalue weighted by atomic mass is 16.3. The molecule has 1 spiro atoms. The van der Waals surface area contributed by atoms with E-state index in [0.717, 1.165) is 31.2 Å². The quantitative estimate of drug-likeness (QED) is 0.798. The first-order chi connectivity index (χ1) is 14.5. The molecule has 1 aromatic heterocycles. The van der Waals surface area contributed by atoms with Crippen LogP contribution in [0.25, 0.3) is 0 Å². The monoisotopic (exact) mass is 407 g/mol. The molecule has 0 radical (unpaired) electrons. The molecule has 1 saturated heterocycles. The van der Waals surface area contributed by atoms with Crippen LogP contribution < -0.4 is 5.32 Å². The molecule has 2 heterocycles. The smallest absolute Gasteiger partial charge is 0.255 e. The van der Waals surface area contributed by atoms with Crippen LogP contribution in [0.5, 0.6) is 5.75 Å². The first-order valence-electron chi connectivity index (χ1n) is 10.8. The average molecular weight is 408 g/mol. The van der Waals surface area contributed by atoms with E-state index in [2.05, 4.69) is 29.4 Å². The van der Waals surface area contributed by atoms with Gasteiger partial charge in [0.1, 0.15) is 5.75 Å². The second kappa shape index (κ2) is 8.46. The number of hydrogen-bond acceptors (Lipinski definition) is 4. The molecule has 2 aromatic rings. The van der Waals surface area contributed by atoms with Crippen molar-refractivity contribution in [2.24, 2.45) is 5.41 Å². The summed E-state index contributed by atoms with van der Waals surface area (Å²) in [4.78, 5) is 31.5. The third kappa shape index (κ3) is 4.18. The van der Waals surface area contributed by atoms with E-state index < -0.39 is 0 Å². The molecule has 1 atom stereocenters. The third-order valence-electron chi connectivity index (χ3n) is 6.73. The molecule has 1 aliphatic carbocycles. The standard InChI is InChI=1S/C24H29N3O3/c1-2-17-5-3-6-18(11-17)12-22(29)26-21-16-27(10-9-24(21)7-4-8-24)23(30)19-13-20(28)15-25-14-19/h3,5-6,11,13-15,21,28H,2,4,7-10,12,16H2,1H3,(H,26,29). The van der Waals surface area contributed by atoms with E-state index in [9.17, 15) is 14.7 Å². The van der Waals surface area contributed by atoms with Crippen molar-refractivity contribution in [1.82, 2.24) is 15.2 Å². The van der Waals surface area contributed by atoms with Crippen molar-refractivity contribution in [2.45, 2.75) is 51.5 Å². The highest BCUT2D eigenvalue weighted by Crippen LogP contribution is 2.49. The Labute approximate surface area is 177 Å². The van der Waals surface area contributed by atoms with Gasteiger partial charge < -0.3 is 15.3 Å². The molecule has 4 rings (SSSR count). The van der Waals surface area contributed by atoms with Gasteiger partial charge in [0.15, 0.2) is 0 Å². The largest absolute Gasteiger partial charge is 0.506 e. The molecule has 6 nitrogen and oxygen atoms in total. The zero-order valence-electron chi connectivity index (χ0n) is 17.4. The maximum Gasteiger partial charge on any atom is 0.255 e. The Morgan fingerprint density at radius 2 is 2.00 bits per heavy atom. The maximum absolute atomic E-state index is 12.9. The summed E-state index contributed by atoms with van der Waals surface area (Å²) in [6.07, 6.45) is 8.35. The number of aromatic hydroxyl groups is 1. The molecule has 1 unspecified atom stereocenters. The van der Waals surface area contributed by atoms with Crippen LogP contribution in [0.2, 0.25) is 0 Å². The lowest BCUT2D eigenvalue weighted by Crippen LogP contribution is -2.61. The van der Waals surface area contributed by atoms with Gasteiger partial charge in [0, 0.05) is 19.3 Å². The highest BCUT2D eigenvalue weighted by Gasteiger charge is 2.48. The number of carbonyl (C=O) groups is 2. The Kier molecular flexibility index (Phi) is 5.75. The van der Waals surface area contributed by atoms with Gasteiger partial charge >= 0.3 is 0 Å². The number of carbonyl (C=O) groups excluding carboxylic acids is 2. The predicted molar refractivity (Wildman–Crippen MR) is 114 cm³/mol. The number of aromatic nitrogens is 1. The van der Waals surface area contributed by atoms with Crippen LogP contribution in [-0.4, -0.2) is 45.9 Å². The van der Waals surface area contributed by atoms with Crippen molar-refractivity contribution in [1.29, 1.82) is 0 Å². The van der Waals surface area contributed by atoms with Crippen LogP contribution in [0.3, 0.4) is 0 Å². The van der Waals surface area contributed by atoms with E-state index in [1.54, 1.807) is 4.90 Å². The molecule has 30 heavy (non-hydrogen) atoms. The van der Waals surface area contributed by atoms with E-state index in [-0.39, 0.29) is 29.0 Å². The number of pyridine rings is 1. The van der Waals surface area contributed by atoms with Crippen LogP contribution in [0.15, 0.2) is 42.7 Å². The van der Waals surface area contributed by atoms with E-state index >= 15 is 0 Å². The van der Waals surface area contributed by atoms with Gasteiger partial charge in [-0.3, -0.25) is 14.6 Å². The summed E-state index contributed by atoms with van der Waals surface area (Å²) in [5.74, 6) is -0.164. The summed E-state index contributed by atoms with van der Waals surface area (Å²) in [5.41, 5.74) is 2.73. The van der Waals surface area contributed by atoms with Crippen molar-refractivity contribution in [3.63, 3.8) is 0 Å². The van der Waals surface area contributed by atoms with Gasteiger partial charge in [0.25, 0.3) is 5.91 Å². The molecule has 158 valence electrons. The highest BCUT2D eigenvalue weighted by molar-refractivity contribution is 5.94. The van der Waals surface area contributed by atoms with Crippen molar-refractivity contribution in [2.75, 3.05) is 13.1 Å². The van der Waals surface area contributed by atoms with Crippen molar-refractivity contribution in [3.8, 4) is 5.75 Å². The number of rotatable bonds is 5. The second-order valence-electron chi connectivity index (χ2n) is 8.62. The molecule has 2 fully saturated rings. The van der Waals surface area contributed by atoms with Gasteiger partial charge in [-0.1, -0.05) is 37.6 Å². The number of nitrogens with one attached hydrogen (secondary N) is 1. The normalized spacial score (nSPS) is 19.9. The number of benzene rings is 1. The minimum absolute atomic E-state index is 0.00727. The van der Waals surface area contributed by atoms with Gasteiger partial charge in [-0.2, -0.15) is 0 Å². The molecular formula is C24H29N3O3. The fraction of sp³-hybridized carbons (Fsp3) is 0.458. The van der Waals surface area contributed by atoms with Crippen molar-refractivity contribution in [3.05, 3.63) is 59.4 Å². The topological polar surface area (TPSA) is 82.5 Å². The summed E-state index contributed by atoms with van der Waals surface area (Å²) in [5, 5.41) is 12.9. The number of amides is 2. The SMILES string of the molecule is CCc1cccc(CC(=O)NC2CN(C(=O)c3cncc(O)c3)CCC23CCC3)c1. The Hall–Kier alpha value is -2.89. The summed E-state index contributed by atoms with van der Waals surface area (Å²) in [7, 11) is 0. The molecule has 1 aromatic carbocycles. The zero-order valence-corrected chi connectivity index (χ0v) is 17.4. The Morgan fingerprint density at radius 3 is 2.70 bits per heavy atom. The minimum Gasteiger partial charge on any atom is -0.506 e. The Balaban J connectivity index is 1.45. The summed E-state index contributed by atoms with van der Waals surface area (Å²) < 4.78 is 0. The van der Waals surface area contributed by atoms with E-state index in [4.69, 9.17) is 0 Å². The third-order valence-corrected chi connectivity index (χ3v) is 6.73. The van der Waals surface area contributed by atoms with Gasteiger partial charge in [-0.25, -0.2) is 0 Å². The number of aryl methyl sites for hydroxylation is 1. The van der Waals surface area contributed by atoms with Crippen LogP contribution in [-0.2, 0) is 17.6 Å². The Morgan fingerprint density at radius 1 is 1.20 bits per heavy atom. The fourth-order valence-electron chi connectivity index (χ4n) is 4.77. The number of nitrogens with zero attached hydrogens (tertiary/aromatic N) is 2. The molecule has 0 bridgehead atoms. The molecule has 2 aliphatic rings. The van der Waals surface area contributed by atoms with Gasteiger partial charge in [0.2, 0.25) is 5.91 Å². The van der Waals surface area contributed by atoms with Crippen molar-refractivity contribution >= 4 is 11.8 Å². The fourth-order valence-corrected chi connectivity index (χ4v) is 4.77. The van der Waals surface area contributed by atoms with E-state index in [1.807, 2.05) is 12.1 Å². The molecule has 2 amide bonds. The first-order valence-corrected chi connectivity index (χ1v) is 10.8. The number of likely N-dealkylation sites (tertiary alicyclic amines) is 1. The summed E-state index contributed by atoms with van der Waals surface area (Å²) in [6.45, 7) is 3.27. The average Bonchev–Trinajstić information content (AvgIpc) is 2.72. The maximum atomic E-state index is 12.9. The minimum atomic E-state index is -0.150. The van der Waals surface area contributed by atoms with Crippen LogP contribution in [0.4, 0.5) is 0 Å². The summed E-state index contributed by atoms with van der Waals surface area (Å²) in [6, 6.07) is 9.55. The molecular weight excluding hydrogens is 378 g/mol. The van der Waals surface area contributed by atoms with Crippen LogP contribution in [0, 0.1) is 5.41 Å². The second-order valence-corrected chi connectivity index (χ2v) is 8.62. The zero-order chi connectivity index (χ0) is 21.1. The van der Waals surface area contributed by atoms with Gasteiger partial charge in [0.05, 0.1) is 24.2 Å². The molecule has 1 aliphatic heterocycles. The lowest BCUT2D eigenvalue weighted by Gasteiger charge is -2.53. The van der Waals surface area contributed by atoms with E-state index in [0.29, 0.717) is 25.1 Å². The molecule has 6 heteroatoms. The number of piperidine rings is 1. The van der Waals surface area contributed by atoms with Gasteiger partial charge in [-0.15, -0.1) is 0 Å². The lowest BCUT2D eigenvalue weighted by molar-refractivity contribution is -0.124.